The molecule has 1 aliphatic carbocycles. The van der Waals surface area contributed by atoms with Crippen LogP contribution in [-0.2, 0) is 11.2 Å². The molecular weight excluding hydrogens is 317 g/mol. The van der Waals surface area contributed by atoms with Gasteiger partial charge in [0.1, 0.15) is 5.82 Å². The summed E-state index contributed by atoms with van der Waals surface area (Å²) in [6.07, 6.45) is 8.24. The Hall–Kier alpha value is -1.04. The lowest BCUT2D eigenvalue weighted by Crippen LogP contribution is -2.60. The summed E-state index contributed by atoms with van der Waals surface area (Å²) >= 11 is 0. The van der Waals surface area contributed by atoms with Gasteiger partial charge in [-0.2, -0.15) is 0 Å². The number of halogens is 1. The molecule has 0 aromatic carbocycles. The minimum Gasteiger partial charge on any atom is -0.366 e. The van der Waals surface area contributed by atoms with E-state index in [9.17, 15) is 4.39 Å². The van der Waals surface area contributed by atoms with Gasteiger partial charge in [-0.1, -0.05) is 6.92 Å². The number of pyridine rings is 1. The average molecular weight is 347 g/mol. The van der Waals surface area contributed by atoms with Crippen molar-refractivity contribution in [3.8, 4) is 0 Å². The van der Waals surface area contributed by atoms with E-state index in [0.717, 1.165) is 45.6 Å². The van der Waals surface area contributed by atoms with Crippen LogP contribution in [-0.4, -0.2) is 65.3 Å². The van der Waals surface area contributed by atoms with Gasteiger partial charge in [-0.3, -0.25) is 9.88 Å². The van der Waals surface area contributed by atoms with Crippen molar-refractivity contribution in [2.45, 2.75) is 56.7 Å². The van der Waals surface area contributed by atoms with Crippen molar-refractivity contribution < 1.29 is 9.13 Å². The summed E-state index contributed by atoms with van der Waals surface area (Å²) in [6.45, 7) is 8.65. The highest BCUT2D eigenvalue weighted by molar-refractivity contribution is 5.09. The molecule has 25 heavy (non-hydrogen) atoms. The van der Waals surface area contributed by atoms with E-state index in [-0.39, 0.29) is 17.0 Å². The first kappa shape index (κ1) is 17.4. The van der Waals surface area contributed by atoms with E-state index in [4.69, 9.17) is 4.74 Å². The fraction of sp³-hybridized carbons (Fsp3) is 0.750. The maximum atomic E-state index is 13.7. The van der Waals surface area contributed by atoms with Crippen LogP contribution in [0.1, 0.15) is 44.7 Å². The summed E-state index contributed by atoms with van der Waals surface area (Å²) in [6, 6.07) is 3.15. The molecule has 0 radical (unpaired) electrons. The minimum atomic E-state index is -0.183. The van der Waals surface area contributed by atoms with Crippen molar-refractivity contribution >= 4 is 0 Å². The molecule has 0 atom stereocenters. The zero-order valence-electron chi connectivity index (χ0n) is 15.3. The second-order valence-electron chi connectivity index (χ2n) is 8.20. The highest BCUT2D eigenvalue weighted by Crippen LogP contribution is 2.49. The SMILES string of the molecule is CCCN1CC2(CCN(CCc3ncccc3F)CC2)OC2(CC2)C1. The van der Waals surface area contributed by atoms with Crippen molar-refractivity contribution in [3.63, 3.8) is 0 Å². The summed E-state index contributed by atoms with van der Waals surface area (Å²) in [4.78, 5) is 9.25. The fourth-order valence-electron chi connectivity index (χ4n) is 4.58. The van der Waals surface area contributed by atoms with Crippen LogP contribution in [0.2, 0.25) is 0 Å². The number of likely N-dealkylation sites (tertiary alicyclic amines) is 1. The molecule has 3 heterocycles. The van der Waals surface area contributed by atoms with Crippen LogP contribution < -0.4 is 0 Å². The standard InChI is InChI=1S/C20H30FN3O/c1-2-11-24-15-19(6-7-19)25-20(16-24)8-13-23(14-9-20)12-5-18-17(21)4-3-10-22-18/h3-4,10H,2,5-9,11-16H2,1H3. The number of hydrogen-bond donors (Lipinski definition) is 0. The number of aromatic nitrogens is 1. The molecule has 2 spiro atoms. The largest absolute Gasteiger partial charge is 0.366 e. The number of hydrogen-bond acceptors (Lipinski definition) is 4. The Balaban J connectivity index is 1.32. The van der Waals surface area contributed by atoms with Crippen molar-refractivity contribution in [3.05, 3.63) is 29.8 Å². The van der Waals surface area contributed by atoms with Gasteiger partial charge in [0.05, 0.1) is 16.9 Å². The molecule has 0 unspecified atom stereocenters. The Kier molecular flexibility index (Phi) is 4.82. The van der Waals surface area contributed by atoms with Gasteiger partial charge in [-0.25, -0.2) is 4.39 Å². The Morgan fingerprint density at radius 3 is 2.44 bits per heavy atom. The maximum absolute atomic E-state index is 13.7. The molecule has 3 fully saturated rings. The van der Waals surface area contributed by atoms with Crippen LogP contribution in [0.5, 0.6) is 0 Å². The molecule has 5 heteroatoms. The van der Waals surface area contributed by atoms with Crippen molar-refractivity contribution in [1.82, 2.24) is 14.8 Å². The molecule has 4 rings (SSSR count). The van der Waals surface area contributed by atoms with E-state index in [2.05, 4.69) is 21.7 Å². The van der Waals surface area contributed by atoms with Gasteiger partial charge in [-0.15, -0.1) is 0 Å². The van der Waals surface area contributed by atoms with Gasteiger partial charge in [0.25, 0.3) is 0 Å². The lowest BCUT2D eigenvalue weighted by molar-refractivity contribution is -0.188. The highest BCUT2D eigenvalue weighted by Gasteiger charge is 2.55. The number of ether oxygens (including phenoxy) is 1. The van der Waals surface area contributed by atoms with Crippen LogP contribution in [0.3, 0.4) is 0 Å². The third-order valence-electron chi connectivity index (χ3n) is 6.07. The van der Waals surface area contributed by atoms with Crippen molar-refractivity contribution in [2.75, 3.05) is 39.3 Å². The molecular formula is C20H30FN3O. The van der Waals surface area contributed by atoms with Crippen LogP contribution in [0.25, 0.3) is 0 Å². The predicted octanol–water partition coefficient (Wildman–Crippen LogP) is 2.87. The third-order valence-corrected chi connectivity index (χ3v) is 6.07. The van der Waals surface area contributed by atoms with E-state index in [0.29, 0.717) is 12.1 Å². The Morgan fingerprint density at radius 1 is 1.08 bits per heavy atom. The fourth-order valence-corrected chi connectivity index (χ4v) is 4.58. The molecule has 0 N–H and O–H groups in total. The van der Waals surface area contributed by atoms with Gasteiger partial charge in [0, 0.05) is 45.3 Å². The first-order valence-electron chi connectivity index (χ1n) is 9.86. The predicted molar refractivity (Wildman–Crippen MR) is 96.1 cm³/mol. The van der Waals surface area contributed by atoms with E-state index in [1.54, 1.807) is 12.3 Å². The number of morpholine rings is 1. The highest BCUT2D eigenvalue weighted by atomic mass is 19.1. The Labute approximate surface area is 150 Å². The second-order valence-corrected chi connectivity index (χ2v) is 8.20. The third kappa shape index (κ3) is 3.88. The lowest BCUT2D eigenvalue weighted by atomic mass is 9.88. The minimum absolute atomic E-state index is 0.0522. The van der Waals surface area contributed by atoms with Crippen LogP contribution in [0, 0.1) is 5.82 Å². The summed E-state index contributed by atoms with van der Waals surface area (Å²) in [7, 11) is 0. The molecule has 2 saturated heterocycles. The molecule has 138 valence electrons. The van der Waals surface area contributed by atoms with Crippen LogP contribution in [0.4, 0.5) is 4.39 Å². The molecule has 1 aromatic rings. The number of piperidine rings is 1. The number of rotatable bonds is 5. The first-order chi connectivity index (χ1) is 12.1. The molecule has 3 aliphatic rings. The average Bonchev–Trinajstić information content (AvgIpc) is 3.33. The normalized spacial score (nSPS) is 25.5. The summed E-state index contributed by atoms with van der Waals surface area (Å²) < 4.78 is 20.4. The monoisotopic (exact) mass is 347 g/mol. The van der Waals surface area contributed by atoms with Gasteiger partial charge in [0.2, 0.25) is 0 Å². The summed E-state index contributed by atoms with van der Waals surface area (Å²) in [5.74, 6) is -0.183. The van der Waals surface area contributed by atoms with Gasteiger partial charge in [0.15, 0.2) is 0 Å². The second kappa shape index (κ2) is 6.93. The Bertz CT molecular complexity index is 596. The van der Waals surface area contributed by atoms with Crippen LogP contribution >= 0.6 is 0 Å². The van der Waals surface area contributed by atoms with E-state index in [1.807, 2.05) is 0 Å². The molecule has 1 saturated carbocycles. The topological polar surface area (TPSA) is 28.6 Å². The van der Waals surface area contributed by atoms with Crippen LogP contribution in [0.15, 0.2) is 18.3 Å². The van der Waals surface area contributed by atoms with Gasteiger partial charge in [-0.05, 0) is 50.8 Å². The van der Waals surface area contributed by atoms with E-state index >= 15 is 0 Å². The molecule has 0 bridgehead atoms. The van der Waals surface area contributed by atoms with E-state index < -0.39 is 0 Å². The molecule has 4 nitrogen and oxygen atoms in total. The lowest BCUT2D eigenvalue weighted by Gasteiger charge is -2.50. The quantitative estimate of drug-likeness (QED) is 0.819. The van der Waals surface area contributed by atoms with Gasteiger partial charge < -0.3 is 9.64 Å². The van der Waals surface area contributed by atoms with Crippen molar-refractivity contribution in [1.29, 1.82) is 0 Å². The first-order valence-corrected chi connectivity index (χ1v) is 9.86. The maximum Gasteiger partial charge on any atom is 0.144 e. The molecule has 1 aromatic heterocycles. The smallest absolute Gasteiger partial charge is 0.144 e. The Morgan fingerprint density at radius 2 is 1.80 bits per heavy atom. The van der Waals surface area contributed by atoms with Gasteiger partial charge >= 0.3 is 0 Å². The van der Waals surface area contributed by atoms with Crippen molar-refractivity contribution in [2.24, 2.45) is 0 Å². The summed E-state index contributed by atoms with van der Waals surface area (Å²) in [5, 5.41) is 0. The zero-order chi connectivity index (χ0) is 17.3. The molecule has 0 amide bonds. The molecule has 2 aliphatic heterocycles. The van der Waals surface area contributed by atoms with E-state index in [1.165, 1.54) is 31.9 Å². The zero-order valence-corrected chi connectivity index (χ0v) is 15.3. The number of nitrogens with zero attached hydrogens (tertiary/aromatic N) is 3. The summed E-state index contributed by atoms with van der Waals surface area (Å²) in [5.41, 5.74) is 0.811.